The van der Waals surface area contributed by atoms with Gasteiger partial charge in [-0.25, -0.2) is 13.2 Å². The van der Waals surface area contributed by atoms with Gasteiger partial charge in [-0.05, 0) is 67.1 Å². The third kappa shape index (κ3) is 5.27. The predicted molar refractivity (Wildman–Crippen MR) is 124 cm³/mol. The van der Waals surface area contributed by atoms with Crippen molar-refractivity contribution in [3.05, 3.63) is 88.9 Å². The van der Waals surface area contributed by atoms with Gasteiger partial charge in [-0.3, -0.25) is 9.10 Å². The summed E-state index contributed by atoms with van der Waals surface area (Å²) in [4.78, 5) is 24.4. The summed E-state index contributed by atoms with van der Waals surface area (Å²) < 4.78 is 32.5. The highest BCUT2D eigenvalue weighted by Gasteiger charge is 2.28. The van der Waals surface area contributed by atoms with E-state index in [1.165, 1.54) is 55.6 Å². The van der Waals surface area contributed by atoms with Crippen LogP contribution in [0, 0.1) is 6.92 Å². The molecule has 9 heteroatoms. The molecular formula is C23H21ClN2O5S. The molecule has 1 amide bonds. The summed E-state index contributed by atoms with van der Waals surface area (Å²) >= 11 is 5.90. The van der Waals surface area contributed by atoms with Crippen molar-refractivity contribution >= 4 is 44.9 Å². The number of methoxy groups -OCH3 is 1. The molecule has 3 aromatic rings. The molecule has 3 rings (SSSR count). The molecule has 0 aliphatic rings. The van der Waals surface area contributed by atoms with Crippen molar-refractivity contribution in [3.63, 3.8) is 0 Å². The lowest BCUT2D eigenvalue weighted by Gasteiger charge is -2.25. The minimum atomic E-state index is -4.05. The molecule has 32 heavy (non-hydrogen) atoms. The molecule has 0 aromatic heterocycles. The van der Waals surface area contributed by atoms with Crippen LogP contribution in [0.4, 0.5) is 11.4 Å². The van der Waals surface area contributed by atoms with Gasteiger partial charge in [-0.2, -0.15) is 0 Å². The Bertz CT molecular complexity index is 1230. The monoisotopic (exact) mass is 472 g/mol. The normalized spacial score (nSPS) is 11.0. The van der Waals surface area contributed by atoms with Gasteiger partial charge < -0.3 is 10.1 Å². The number of halogens is 1. The number of aryl methyl sites for hydroxylation is 1. The molecule has 0 saturated carbocycles. The number of ether oxygens (including phenoxy) is 1. The van der Waals surface area contributed by atoms with Crippen molar-refractivity contribution in [2.45, 2.75) is 11.8 Å². The number of carbonyl (C=O) groups excluding carboxylic acids is 2. The first-order valence-electron chi connectivity index (χ1n) is 9.54. The molecule has 0 aliphatic heterocycles. The number of hydrogen-bond acceptors (Lipinski definition) is 5. The van der Waals surface area contributed by atoms with Crippen molar-refractivity contribution in [1.29, 1.82) is 0 Å². The lowest BCUT2D eigenvalue weighted by atomic mass is 10.2. The number of sulfonamides is 1. The van der Waals surface area contributed by atoms with Gasteiger partial charge in [0.25, 0.3) is 10.0 Å². The van der Waals surface area contributed by atoms with Crippen LogP contribution in [-0.4, -0.2) is 33.9 Å². The van der Waals surface area contributed by atoms with Crippen molar-refractivity contribution < 1.29 is 22.7 Å². The van der Waals surface area contributed by atoms with E-state index in [1.54, 1.807) is 31.2 Å². The van der Waals surface area contributed by atoms with Gasteiger partial charge in [-0.1, -0.05) is 29.8 Å². The lowest BCUT2D eigenvalue weighted by Crippen LogP contribution is -2.38. The fourth-order valence-corrected chi connectivity index (χ4v) is 4.63. The summed E-state index contributed by atoms with van der Waals surface area (Å²) in [5, 5.41) is 3.06. The third-order valence-corrected chi connectivity index (χ3v) is 6.69. The van der Waals surface area contributed by atoms with Crippen molar-refractivity contribution in [2.24, 2.45) is 0 Å². The molecule has 166 valence electrons. The van der Waals surface area contributed by atoms with Gasteiger partial charge in [0.15, 0.2) is 0 Å². The van der Waals surface area contributed by atoms with Crippen molar-refractivity contribution in [1.82, 2.24) is 0 Å². The Morgan fingerprint density at radius 1 is 0.969 bits per heavy atom. The molecular weight excluding hydrogens is 452 g/mol. The van der Waals surface area contributed by atoms with Gasteiger partial charge in [-0.15, -0.1) is 0 Å². The van der Waals surface area contributed by atoms with Crippen molar-refractivity contribution in [2.75, 3.05) is 23.3 Å². The van der Waals surface area contributed by atoms with E-state index in [2.05, 4.69) is 10.1 Å². The van der Waals surface area contributed by atoms with E-state index in [1.807, 2.05) is 0 Å². The Morgan fingerprint density at radius 2 is 1.59 bits per heavy atom. The van der Waals surface area contributed by atoms with Crippen molar-refractivity contribution in [3.8, 4) is 0 Å². The highest BCUT2D eigenvalue weighted by molar-refractivity contribution is 7.92. The number of carbonyl (C=O) groups is 2. The second-order valence-corrected chi connectivity index (χ2v) is 9.17. The number of benzene rings is 3. The number of anilines is 2. The predicted octanol–water partition coefficient (Wildman–Crippen LogP) is 4.27. The average Bonchev–Trinajstić information content (AvgIpc) is 2.78. The Labute approximate surface area is 191 Å². The van der Waals surface area contributed by atoms with Crippen LogP contribution in [-0.2, 0) is 19.6 Å². The van der Waals surface area contributed by atoms with E-state index in [4.69, 9.17) is 11.6 Å². The van der Waals surface area contributed by atoms with E-state index < -0.39 is 28.4 Å². The molecule has 3 aromatic carbocycles. The fraction of sp³-hybridized carbons (Fsp3) is 0.130. The van der Waals surface area contributed by atoms with Crippen LogP contribution >= 0.6 is 11.6 Å². The van der Waals surface area contributed by atoms with Crippen LogP contribution in [0.25, 0.3) is 0 Å². The van der Waals surface area contributed by atoms with Crippen LogP contribution in [0.3, 0.4) is 0 Å². The number of hydrogen-bond donors (Lipinski definition) is 1. The molecule has 0 saturated heterocycles. The van der Waals surface area contributed by atoms with Crippen LogP contribution in [0.2, 0.25) is 5.02 Å². The SMILES string of the molecule is COC(=O)c1ccc(NC(=O)CN(c2ccccc2C)S(=O)(=O)c2ccc(Cl)cc2)cc1. The zero-order chi connectivity index (χ0) is 23.3. The first-order valence-corrected chi connectivity index (χ1v) is 11.4. The number of rotatable bonds is 7. The fourth-order valence-electron chi connectivity index (χ4n) is 3.02. The molecule has 0 heterocycles. The Hall–Kier alpha value is -3.36. The van der Waals surface area contributed by atoms with E-state index in [0.717, 1.165) is 4.31 Å². The summed E-state index contributed by atoms with van der Waals surface area (Å²) in [7, 11) is -2.77. The number of para-hydroxylation sites is 1. The maximum Gasteiger partial charge on any atom is 0.337 e. The zero-order valence-electron chi connectivity index (χ0n) is 17.4. The molecule has 7 nitrogen and oxygen atoms in total. The van der Waals surface area contributed by atoms with Gasteiger partial charge >= 0.3 is 5.97 Å². The van der Waals surface area contributed by atoms with E-state index in [-0.39, 0.29) is 4.90 Å². The second-order valence-electron chi connectivity index (χ2n) is 6.87. The van der Waals surface area contributed by atoms with Crippen LogP contribution in [0.15, 0.2) is 77.7 Å². The largest absolute Gasteiger partial charge is 0.465 e. The molecule has 0 unspecified atom stereocenters. The molecule has 0 atom stereocenters. The summed E-state index contributed by atoms with van der Waals surface area (Å²) in [6.45, 7) is 1.32. The van der Waals surface area contributed by atoms with Gasteiger partial charge in [0, 0.05) is 10.7 Å². The van der Waals surface area contributed by atoms with Crippen LogP contribution in [0.1, 0.15) is 15.9 Å². The third-order valence-electron chi connectivity index (χ3n) is 4.66. The minimum Gasteiger partial charge on any atom is -0.465 e. The Balaban J connectivity index is 1.89. The minimum absolute atomic E-state index is 0.0142. The van der Waals surface area contributed by atoms with Crippen LogP contribution < -0.4 is 9.62 Å². The Morgan fingerprint density at radius 3 is 2.19 bits per heavy atom. The van der Waals surface area contributed by atoms with Gasteiger partial charge in [0.2, 0.25) is 5.91 Å². The molecule has 0 aliphatic carbocycles. The summed E-state index contributed by atoms with van der Waals surface area (Å²) in [5.41, 5.74) is 1.83. The molecule has 0 bridgehead atoms. The number of esters is 1. The maximum atomic E-state index is 13.4. The molecule has 0 spiro atoms. The molecule has 0 radical (unpaired) electrons. The van der Waals surface area contributed by atoms with Crippen LogP contribution in [0.5, 0.6) is 0 Å². The standard InChI is InChI=1S/C23H21ClN2O5S/c1-16-5-3-4-6-21(16)26(32(29,30)20-13-9-18(24)10-14-20)15-22(27)25-19-11-7-17(8-12-19)23(28)31-2/h3-14H,15H2,1-2H3,(H,25,27). The topological polar surface area (TPSA) is 92.8 Å². The zero-order valence-corrected chi connectivity index (χ0v) is 19.0. The first kappa shape index (κ1) is 23.3. The number of amides is 1. The molecule has 0 fully saturated rings. The number of nitrogens with zero attached hydrogens (tertiary/aromatic N) is 1. The lowest BCUT2D eigenvalue weighted by molar-refractivity contribution is -0.114. The van der Waals surface area contributed by atoms with Gasteiger partial charge in [0.05, 0.1) is 23.3 Å². The summed E-state index contributed by atoms with van der Waals surface area (Å²) in [6, 6.07) is 18.7. The first-order chi connectivity index (χ1) is 15.2. The summed E-state index contributed by atoms with van der Waals surface area (Å²) in [6.07, 6.45) is 0. The molecule has 1 N–H and O–H groups in total. The highest BCUT2D eigenvalue weighted by Crippen LogP contribution is 2.27. The number of nitrogens with one attached hydrogen (secondary N) is 1. The van der Waals surface area contributed by atoms with E-state index in [0.29, 0.717) is 27.5 Å². The van der Waals surface area contributed by atoms with E-state index >= 15 is 0 Å². The van der Waals surface area contributed by atoms with Gasteiger partial charge in [0.1, 0.15) is 6.54 Å². The summed E-state index contributed by atoms with van der Waals surface area (Å²) in [5.74, 6) is -1.04. The average molecular weight is 473 g/mol. The van der Waals surface area contributed by atoms with E-state index in [9.17, 15) is 18.0 Å². The Kier molecular flexibility index (Phi) is 7.17. The maximum absolute atomic E-state index is 13.4. The second kappa shape index (κ2) is 9.84. The quantitative estimate of drug-likeness (QED) is 0.518. The smallest absolute Gasteiger partial charge is 0.337 e. The highest BCUT2D eigenvalue weighted by atomic mass is 35.5.